The third-order valence-electron chi connectivity index (χ3n) is 1.96. The van der Waals surface area contributed by atoms with E-state index in [0.29, 0.717) is 0 Å². The van der Waals surface area contributed by atoms with E-state index >= 15 is 0 Å². The van der Waals surface area contributed by atoms with Crippen molar-refractivity contribution in [3.05, 3.63) is 0 Å². The van der Waals surface area contributed by atoms with Crippen molar-refractivity contribution in [2.75, 3.05) is 7.05 Å². The summed E-state index contributed by atoms with van der Waals surface area (Å²) in [4.78, 5) is 22.1. The number of aliphatic hydroxyl groups is 1. The maximum absolute atomic E-state index is 10.8. The second kappa shape index (κ2) is 7.59. The van der Waals surface area contributed by atoms with Gasteiger partial charge in [0, 0.05) is 14.0 Å². The molecule has 0 aromatic heterocycles. The van der Waals surface area contributed by atoms with E-state index in [1.807, 2.05) is 0 Å². The molecule has 13 heavy (non-hydrogen) atoms. The number of hydrogen-bond acceptors (Lipinski definition) is 3. The first-order valence-electron chi connectivity index (χ1n) is 3.77. The van der Waals surface area contributed by atoms with E-state index in [9.17, 15) is 14.7 Å². The van der Waals surface area contributed by atoms with Gasteiger partial charge in [0.1, 0.15) is 0 Å². The van der Waals surface area contributed by atoms with Gasteiger partial charge in [0.15, 0.2) is 0 Å². The summed E-state index contributed by atoms with van der Waals surface area (Å²) in [5.41, 5.74) is 0. The van der Waals surface area contributed by atoms with E-state index in [2.05, 4.69) is 0 Å². The number of aliphatic hydroxyl groups excluding tert-OH is 1. The maximum Gasteiger partial charge on any atom is 3.00 e. The van der Waals surface area contributed by atoms with Crippen LogP contribution in [0.4, 0.5) is 0 Å². The molecule has 0 bridgehead atoms. The van der Waals surface area contributed by atoms with E-state index in [0.717, 1.165) is 0 Å². The molecule has 0 spiro atoms. The summed E-state index contributed by atoms with van der Waals surface area (Å²) in [5.74, 6) is -0.132. The number of rotatable bonds is 4. The Morgan fingerprint density at radius 2 is 2.08 bits per heavy atom. The number of carbonyl (C=O) groups is 1. The predicted molar refractivity (Wildman–Crippen MR) is 44.2 cm³/mol. The molecule has 0 radical (unpaired) electrons. The minimum absolute atomic E-state index is 0. The number of carbonyl (C=O) groups excluding carboxylic acids is 2. The first kappa shape index (κ1) is 15.7. The molecule has 1 amide bonds. The predicted octanol–water partition coefficient (Wildman–Crippen LogP) is -0.289. The number of amides is 1. The fraction of sp³-hybridized carbons (Fsp3) is 0.750. The Kier molecular flexibility index (Phi) is 9.15. The van der Waals surface area contributed by atoms with E-state index < -0.39 is 6.10 Å². The molecule has 5 heteroatoms. The van der Waals surface area contributed by atoms with Crippen LogP contribution in [0.5, 0.6) is 0 Å². The van der Waals surface area contributed by atoms with Crippen LogP contribution in [0.2, 0.25) is 0 Å². The standard InChI is InChI=1S/C8H14NO3.Y/c1-6(8(12)4-5-10)9(3)7(2)11;/h6,8,12H,4H2,1-3H3;/q-1;+3. The van der Waals surface area contributed by atoms with Gasteiger partial charge >= 0.3 is 32.7 Å². The van der Waals surface area contributed by atoms with Crippen molar-refractivity contribution in [2.45, 2.75) is 32.4 Å². The third-order valence-corrected chi connectivity index (χ3v) is 1.96. The normalized spacial score (nSPS) is 13.8. The van der Waals surface area contributed by atoms with Gasteiger partial charge in [0.05, 0.1) is 12.1 Å². The summed E-state index contributed by atoms with van der Waals surface area (Å²) >= 11 is 0. The van der Waals surface area contributed by atoms with Crippen molar-refractivity contribution in [2.24, 2.45) is 0 Å². The fourth-order valence-corrected chi connectivity index (χ4v) is 0.801. The first-order valence-corrected chi connectivity index (χ1v) is 3.77. The molecule has 0 aliphatic carbocycles. The Labute approximate surface area is 104 Å². The number of nitrogens with zero attached hydrogens (tertiary/aromatic N) is 1. The summed E-state index contributed by atoms with van der Waals surface area (Å²) in [6.45, 7) is 3.09. The topological polar surface area (TPSA) is 57.6 Å². The van der Waals surface area contributed by atoms with Crippen LogP contribution < -0.4 is 0 Å². The summed E-state index contributed by atoms with van der Waals surface area (Å²) in [5, 5.41) is 9.28. The summed E-state index contributed by atoms with van der Waals surface area (Å²) in [6, 6.07) is -0.344. The van der Waals surface area contributed by atoms with Crippen LogP contribution in [0.3, 0.4) is 0 Å². The average Bonchev–Trinajstić information content (AvgIpc) is 2.02. The molecule has 0 aromatic carbocycles. The molecule has 70 valence electrons. The van der Waals surface area contributed by atoms with Crippen LogP contribution in [0, 0.1) is 0 Å². The Balaban J connectivity index is 0. The van der Waals surface area contributed by atoms with Gasteiger partial charge in [-0.25, -0.2) is 0 Å². The zero-order valence-electron chi connectivity index (χ0n) is 8.15. The van der Waals surface area contributed by atoms with Gasteiger partial charge in [-0.15, -0.1) is 6.42 Å². The van der Waals surface area contributed by atoms with E-state index in [1.165, 1.54) is 11.8 Å². The molecule has 0 heterocycles. The van der Waals surface area contributed by atoms with Crippen molar-refractivity contribution in [3.63, 3.8) is 0 Å². The average molecular weight is 261 g/mol. The van der Waals surface area contributed by atoms with Crippen molar-refractivity contribution in [1.29, 1.82) is 0 Å². The minimum atomic E-state index is -0.823. The number of hydrogen-bond donors (Lipinski definition) is 1. The monoisotopic (exact) mass is 261 g/mol. The van der Waals surface area contributed by atoms with Crippen LogP contribution in [-0.4, -0.2) is 41.4 Å². The zero-order chi connectivity index (χ0) is 9.72. The number of likely N-dealkylation sites (N-methyl/N-ethyl adjacent to an activating group) is 1. The van der Waals surface area contributed by atoms with Gasteiger partial charge in [0.25, 0.3) is 0 Å². The molecule has 0 saturated heterocycles. The quantitative estimate of drug-likeness (QED) is 0.707. The van der Waals surface area contributed by atoms with Gasteiger partial charge in [-0.2, -0.15) is 0 Å². The minimum Gasteiger partial charge on any atom is -0.542 e. The van der Waals surface area contributed by atoms with Crippen LogP contribution in [0.25, 0.3) is 0 Å². The largest absolute Gasteiger partial charge is 3.00 e. The molecular formula is C8H14NO3Y+2. The van der Waals surface area contributed by atoms with Gasteiger partial charge in [0.2, 0.25) is 5.91 Å². The summed E-state index contributed by atoms with van der Waals surface area (Å²) in [7, 11) is 1.58. The van der Waals surface area contributed by atoms with Crippen molar-refractivity contribution in [3.8, 4) is 0 Å². The zero-order valence-corrected chi connectivity index (χ0v) is 11.0. The van der Waals surface area contributed by atoms with Crippen LogP contribution in [-0.2, 0) is 42.3 Å². The SMILES string of the molecule is CC(=O)N(C)C(C)C(O)C[C-]=O.[Y+3]. The van der Waals surface area contributed by atoms with Gasteiger partial charge in [-0.3, -0.25) is 11.1 Å². The fourth-order valence-electron chi connectivity index (χ4n) is 0.801. The van der Waals surface area contributed by atoms with Gasteiger partial charge in [-0.05, 0) is 6.92 Å². The maximum atomic E-state index is 10.8. The molecule has 0 rings (SSSR count). The van der Waals surface area contributed by atoms with Crippen LogP contribution in [0.1, 0.15) is 20.3 Å². The Hall–Kier alpha value is 0.204. The molecule has 2 atom stereocenters. The molecular weight excluding hydrogens is 247 g/mol. The summed E-state index contributed by atoms with van der Waals surface area (Å²) in [6.07, 6.45) is 0.725. The van der Waals surface area contributed by atoms with Gasteiger partial charge < -0.3 is 14.8 Å². The Morgan fingerprint density at radius 3 is 2.38 bits per heavy atom. The molecule has 4 nitrogen and oxygen atoms in total. The Morgan fingerprint density at radius 1 is 1.62 bits per heavy atom. The van der Waals surface area contributed by atoms with Gasteiger partial charge in [-0.1, -0.05) is 0 Å². The molecule has 0 aliphatic heterocycles. The second-order valence-electron chi connectivity index (χ2n) is 2.79. The van der Waals surface area contributed by atoms with Crippen molar-refractivity contribution < 1.29 is 47.4 Å². The molecule has 0 aliphatic rings. The molecule has 1 N–H and O–H groups in total. The smallest absolute Gasteiger partial charge is 0.542 e. The van der Waals surface area contributed by atoms with E-state index in [4.69, 9.17) is 0 Å². The Bertz CT molecular complexity index is 175. The summed E-state index contributed by atoms with van der Waals surface area (Å²) < 4.78 is 0. The molecule has 0 fully saturated rings. The van der Waals surface area contributed by atoms with Crippen LogP contribution >= 0.6 is 0 Å². The molecule has 2 unspecified atom stereocenters. The van der Waals surface area contributed by atoms with Crippen molar-refractivity contribution >= 4 is 12.2 Å². The third kappa shape index (κ3) is 5.50. The second-order valence-corrected chi connectivity index (χ2v) is 2.79. The van der Waals surface area contributed by atoms with E-state index in [1.54, 1.807) is 20.3 Å². The molecule has 0 aromatic rings. The van der Waals surface area contributed by atoms with E-state index in [-0.39, 0.29) is 51.1 Å². The van der Waals surface area contributed by atoms with Crippen LogP contribution in [0.15, 0.2) is 0 Å². The molecule has 0 saturated carbocycles. The van der Waals surface area contributed by atoms with Crippen molar-refractivity contribution in [1.82, 2.24) is 4.90 Å². The first-order chi connectivity index (χ1) is 5.50.